The molecule has 528 valence electrons. The summed E-state index contributed by atoms with van der Waals surface area (Å²) in [6.07, 6.45) is 41.9. The Hall–Kier alpha value is -1.94. The molecule has 0 aromatic carbocycles. The van der Waals surface area contributed by atoms with Crippen LogP contribution in [0.3, 0.4) is 0 Å². The van der Waals surface area contributed by atoms with Crippen molar-refractivity contribution in [3.63, 3.8) is 0 Å². The van der Waals surface area contributed by atoms with Gasteiger partial charge in [-0.1, -0.05) is 293 Å². The second-order valence-electron chi connectivity index (χ2n) is 26.9. The third-order valence-electron chi connectivity index (χ3n) is 16.4. The van der Waals surface area contributed by atoms with Crippen LogP contribution in [0.2, 0.25) is 0 Å². The SMILES string of the molecule is CCC(C)CCCCCCCCC(=O)O[C@H](COC(=O)CCCCCCCCCCCCC(C)C)COP(=O)(O)OC[C@@H](O)COP(=O)(O)OC[C@@H](COC(=O)CCCCCCCCC(C)C)OC(=O)CCCCCCCCCCCCCCCCC(C)C. The van der Waals surface area contributed by atoms with Gasteiger partial charge in [0.05, 0.1) is 26.4 Å². The van der Waals surface area contributed by atoms with Gasteiger partial charge in [-0.15, -0.1) is 0 Å². The van der Waals surface area contributed by atoms with Crippen molar-refractivity contribution in [3.05, 3.63) is 0 Å². The molecule has 3 unspecified atom stereocenters. The van der Waals surface area contributed by atoms with Crippen molar-refractivity contribution in [2.75, 3.05) is 39.6 Å². The van der Waals surface area contributed by atoms with E-state index in [-0.39, 0.29) is 25.7 Å². The summed E-state index contributed by atoms with van der Waals surface area (Å²) in [7, 11) is -9.90. The Morgan fingerprint density at radius 2 is 0.539 bits per heavy atom. The van der Waals surface area contributed by atoms with E-state index in [1.165, 1.54) is 141 Å². The first-order chi connectivity index (χ1) is 42.6. The number of phosphoric ester groups is 2. The number of hydrogen-bond donors (Lipinski definition) is 3. The molecule has 0 saturated heterocycles. The molecular formula is C70H136O17P2. The lowest BCUT2D eigenvalue weighted by Gasteiger charge is -2.21. The van der Waals surface area contributed by atoms with E-state index in [4.69, 9.17) is 37.0 Å². The molecule has 0 amide bonds. The van der Waals surface area contributed by atoms with Crippen LogP contribution in [0.1, 0.15) is 344 Å². The highest BCUT2D eigenvalue weighted by Crippen LogP contribution is 2.45. The second-order valence-corrected chi connectivity index (χ2v) is 29.8. The van der Waals surface area contributed by atoms with Gasteiger partial charge >= 0.3 is 39.5 Å². The quantitative estimate of drug-likeness (QED) is 0.0222. The largest absolute Gasteiger partial charge is 0.472 e. The highest BCUT2D eigenvalue weighted by atomic mass is 31.2. The summed E-state index contributed by atoms with van der Waals surface area (Å²) in [6, 6.07) is 0. The van der Waals surface area contributed by atoms with Crippen LogP contribution in [-0.4, -0.2) is 96.7 Å². The third kappa shape index (κ3) is 63.2. The predicted molar refractivity (Wildman–Crippen MR) is 358 cm³/mol. The molecular weight excluding hydrogens is 1170 g/mol. The number of phosphoric acid groups is 2. The highest BCUT2D eigenvalue weighted by molar-refractivity contribution is 7.47. The van der Waals surface area contributed by atoms with Gasteiger partial charge in [-0.2, -0.15) is 0 Å². The fraction of sp³-hybridized carbons (Fsp3) is 0.943. The predicted octanol–water partition coefficient (Wildman–Crippen LogP) is 19.7. The maximum Gasteiger partial charge on any atom is 0.472 e. The fourth-order valence-electron chi connectivity index (χ4n) is 10.5. The average Bonchev–Trinajstić information content (AvgIpc) is 3.62. The molecule has 19 heteroatoms. The van der Waals surface area contributed by atoms with Crippen LogP contribution in [0.4, 0.5) is 0 Å². The van der Waals surface area contributed by atoms with Crippen LogP contribution in [-0.2, 0) is 65.4 Å². The van der Waals surface area contributed by atoms with Gasteiger partial charge in [0.15, 0.2) is 12.2 Å². The van der Waals surface area contributed by atoms with E-state index in [2.05, 4.69) is 55.4 Å². The van der Waals surface area contributed by atoms with Crippen LogP contribution < -0.4 is 0 Å². The molecule has 3 N–H and O–H groups in total. The monoisotopic (exact) mass is 1310 g/mol. The molecule has 0 spiro atoms. The van der Waals surface area contributed by atoms with Crippen LogP contribution in [0.5, 0.6) is 0 Å². The summed E-state index contributed by atoms with van der Waals surface area (Å²) in [6.45, 7) is 14.0. The molecule has 0 aromatic rings. The van der Waals surface area contributed by atoms with E-state index < -0.39 is 97.5 Å². The first-order valence-corrected chi connectivity index (χ1v) is 39.2. The third-order valence-corrected chi connectivity index (χ3v) is 18.3. The summed E-state index contributed by atoms with van der Waals surface area (Å²) < 4.78 is 68.2. The molecule has 6 atom stereocenters. The maximum atomic E-state index is 13.0. The van der Waals surface area contributed by atoms with Crippen molar-refractivity contribution in [1.29, 1.82) is 0 Å². The van der Waals surface area contributed by atoms with E-state index >= 15 is 0 Å². The number of aliphatic hydroxyl groups excluding tert-OH is 1. The Morgan fingerprint density at radius 1 is 0.315 bits per heavy atom. The number of carbonyl (C=O) groups is 4. The zero-order valence-electron chi connectivity index (χ0n) is 58.1. The minimum Gasteiger partial charge on any atom is -0.462 e. The molecule has 0 bridgehead atoms. The number of hydrogen-bond acceptors (Lipinski definition) is 15. The minimum atomic E-state index is -4.95. The van der Waals surface area contributed by atoms with E-state index in [1.807, 2.05) is 0 Å². The van der Waals surface area contributed by atoms with E-state index in [9.17, 15) is 43.2 Å². The van der Waals surface area contributed by atoms with Gasteiger partial charge in [-0.25, -0.2) is 9.13 Å². The number of unbranched alkanes of at least 4 members (excludes halogenated alkanes) is 32. The lowest BCUT2D eigenvalue weighted by molar-refractivity contribution is -0.161. The maximum absolute atomic E-state index is 13.0. The van der Waals surface area contributed by atoms with Gasteiger partial charge < -0.3 is 33.8 Å². The molecule has 0 aromatic heterocycles. The molecule has 0 radical (unpaired) electrons. The molecule has 0 heterocycles. The summed E-state index contributed by atoms with van der Waals surface area (Å²) in [4.78, 5) is 72.5. The summed E-state index contributed by atoms with van der Waals surface area (Å²) in [5.74, 6) is 0.820. The Labute approximate surface area is 543 Å². The Bertz CT molecular complexity index is 1770. The number of ether oxygens (including phenoxy) is 4. The van der Waals surface area contributed by atoms with Crippen molar-refractivity contribution < 1.29 is 80.2 Å². The number of rotatable bonds is 67. The first-order valence-electron chi connectivity index (χ1n) is 36.2. The highest BCUT2D eigenvalue weighted by Gasteiger charge is 2.30. The zero-order chi connectivity index (χ0) is 66.1. The van der Waals surface area contributed by atoms with Crippen molar-refractivity contribution in [2.24, 2.45) is 23.7 Å². The minimum absolute atomic E-state index is 0.102. The lowest BCUT2D eigenvalue weighted by Crippen LogP contribution is -2.30. The van der Waals surface area contributed by atoms with E-state index in [0.29, 0.717) is 31.6 Å². The van der Waals surface area contributed by atoms with Gasteiger partial charge in [-0.3, -0.25) is 37.3 Å². The van der Waals surface area contributed by atoms with E-state index in [0.717, 1.165) is 114 Å². The van der Waals surface area contributed by atoms with Crippen LogP contribution in [0.15, 0.2) is 0 Å². The molecule has 0 rings (SSSR count). The van der Waals surface area contributed by atoms with Crippen molar-refractivity contribution in [1.82, 2.24) is 0 Å². The fourth-order valence-corrected chi connectivity index (χ4v) is 12.0. The van der Waals surface area contributed by atoms with Crippen molar-refractivity contribution in [3.8, 4) is 0 Å². The van der Waals surface area contributed by atoms with Gasteiger partial charge in [0.25, 0.3) is 0 Å². The summed E-state index contributed by atoms with van der Waals surface area (Å²) in [5.41, 5.74) is 0. The Kier molecular flexibility index (Phi) is 58.5. The van der Waals surface area contributed by atoms with Crippen molar-refractivity contribution in [2.45, 2.75) is 363 Å². The van der Waals surface area contributed by atoms with Gasteiger partial charge in [0.2, 0.25) is 0 Å². The van der Waals surface area contributed by atoms with E-state index in [1.54, 1.807) is 0 Å². The molecule has 0 aliphatic rings. The molecule has 89 heavy (non-hydrogen) atoms. The summed E-state index contributed by atoms with van der Waals surface area (Å²) in [5, 5.41) is 10.6. The zero-order valence-corrected chi connectivity index (χ0v) is 59.8. The van der Waals surface area contributed by atoms with Gasteiger partial charge in [0.1, 0.15) is 19.3 Å². The Morgan fingerprint density at radius 3 is 0.798 bits per heavy atom. The van der Waals surface area contributed by atoms with Crippen LogP contribution >= 0.6 is 15.6 Å². The second kappa shape index (κ2) is 59.8. The molecule has 0 fully saturated rings. The van der Waals surface area contributed by atoms with Gasteiger partial charge in [-0.05, 0) is 49.4 Å². The van der Waals surface area contributed by atoms with Crippen LogP contribution in [0, 0.1) is 23.7 Å². The summed E-state index contributed by atoms with van der Waals surface area (Å²) >= 11 is 0. The molecule has 0 aliphatic carbocycles. The number of aliphatic hydroxyl groups is 1. The Balaban J connectivity index is 5.21. The van der Waals surface area contributed by atoms with Gasteiger partial charge in [0, 0.05) is 25.7 Å². The first kappa shape index (κ1) is 87.1. The topological polar surface area (TPSA) is 237 Å². The molecule has 0 saturated carbocycles. The number of esters is 4. The van der Waals surface area contributed by atoms with Crippen molar-refractivity contribution >= 4 is 39.5 Å². The molecule has 17 nitrogen and oxygen atoms in total. The number of carbonyl (C=O) groups excluding carboxylic acids is 4. The lowest BCUT2D eigenvalue weighted by atomic mass is 10.00. The smallest absolute Gasteiger partial charge is 0.462 e. The standard InChI is InChI=1S/C70H136O17P2/c1-9-63(8)49-41-33-27-29-37-45-53-70(75)87-66(56-80-67(72)50-42-34-24-20-17-16-19-23-31-39-47-61(4)5)59-85-89(78,79)83-55-64(71)54-82-88(76,77)84-58-65(57-81-68(73)51-43-35-28-26-32-40-48-62(6)7)86-69(74)52-44-36-25-21-15-13-11-10-12-14-18-22-30-38-46-60(2)3/h60-66,71H,9-59H2,1-8H3,(H,76,77)(H,78,79)/t63?,64-,65+,66+/m0/s1. The molecule has 0 aliphatic heterocycles. The normalized spacial score (nSPS) is 14.6. The average molecular weight is 1310 g/mol. The van der Waals surface area contributed by atoms with Crippen LogP contribution in [0.25, 0.3) is 0 Å².